The first-order chi connectivity index (χ1) is 17.7. The number of para-hydroxylation sites is 2. The molecule has 4 nitrogen and oxygen atoms in total. The Morgan fingerprint density at radius 2 is 1.22 bits per heavy atom. The summed E-state index contributed by atoms with van der Waals surface area (Å²) >= 11 is 0. The fraction of sp³-hybridized carbons (Fsp3) is 0.250. The van der Waals surface area contributed by atoms with Crippen LogP contribution in [0.1, 0.15) is 51.7 Å². The average Bonchev–Trinajstić information content (AvgIpc) is 2.88. The maximum absolute atomic E-state index is 10.2. The molecule has 1 aliphatic carbocycles. The minimum Gasteiger partial charge on any atom is -0.423 e. The highest BCUT2D eigenvalue weighted by molar-refractivity contribution is 6.60. The molecule has 5 rings (SSSR count). The zero-order chi connectivity index (χ0) is 26.2. The Morgan fingerprint density at radius 3 is 1.78 bits per heavy atom. The predicted molar refractivity (Wildman–Crippen MR) is 156 cm³/mol. The van der Waals surface area contributed by atoms with Crippen molar-refractivity contribution >= 4 is 41.0 Å². The van der Waals surface area contributed by atoms with Crippen molar-refractivity contribution in [3.05, 3.63) is 108 Å². The minimum atomic E-state index is -1.59. The number of nitrogens with one attached hydrogen (secondary N) is 1. The Balaban J connectivity index is 1.59. The van der Waals surface area contributed by atoms with Gasteiger partial charge in [0.25, 0.3) is 0 Å². The van der Waals surface area contributed by atoms with Crippen molar-refractivity contribution in [2.75, 3.05) is 10.2 Å². The molecule has 0 aromatic heterocycles. The molecule has 37 heavy (non-hydrogen) atoms. The van der Waals surface area contributed by atoms with Gasteiger partial charge in [-0.1, -0.05) is 76.2 Å². The second kappa shape index (κ2) is 9.73. The van der Waals surface area contributed by atoms with E-state index in [2.05, 4.69) is 80.4 Å². The molecule has 0 heterocycles. The molecule has 5 heteroatoms. The van der Waals surface area contributed by atoms with E-state index in [0.29, 0.717) is 11.2 Å². The van der Waals surface area contributed by atoms with Crippen molar-refractivity contribution in [1.29, 1.82) is 0 Å². The molecule has 4 aromatic rings. The fourth-order valence-corrected chi connectivity index (χ4v) is 5.44. The van der Waals surface area contributed by atoms with E-state index >= 15 is 0 Å². The standard InChI is InChI=1S/C32H35BN2O2/c1-31(2)19-20-32(3,4)28-21-23(15-17-27(28)31)34-30-22-26(16-18-29(30)33(36)37)35(24-11-7-5-8-12-24)25-13-9-6-10-14-25/h5-18,21-22,34,36-37H,19-20H2,1-4H3. The van der Waals surface area contributed by atoms with Crippen LogP contribution in [-0.4, -0.2) is 17.2 Å². The number of benzene rings is 4. The highest BCUT2D eigenvalue weighted by Crippen LogP contribution is 2.46. The number of anilines is 5. The van der Waals surface area contributed by atoms with Crippen molar-refractivity contribution in [3.63, 3.8) is 0 Å². The van der Waals surface area contributed by atoms with E-state index in [4.69, 9.17) is 0 Å². The summed E-state index contributed by atoms with van der Waals surface area (Å²) < 4.78 is 0. The molecule has 0 saturated heterocycles. The van der Waals surface area contributed by atoms with Gasteiger partial charge in [-0.25, -0.2) is 0 Å². The van der Waals surface area contributed by atoms with Crippen LogP contribution in [0.2, 0.25) is 0 Å². The molecular formula is C32H35BN2O2. The molecule has 0 fully saturated rings. The van der Waals surface area contributed by atoms with E-state index in [1.807, 2.05) is 48.5 Å². The van der Waals surface area contributed by atoms with Crippen LogP contribution in [0.25, 0.3) is 0 Å². The lowest BCUT2D eigenvalue weighted by atomic mass is 9.63. The Hall–Kier alpha value is -3.54. The zero-order valence-corrected chi connectivity index (χ0v) is 22.1. The van der Waals surface area contributed by atoms with Gasteiger partial charge in [-0.15, -0.1) is 0 Å². The minimum absolute atomic E-state index is 0.0845. The molecule has 0 amide bonds. The monoisotopic (exact) mass is 490 g/mol. The lowest BCUT2D eigenvalue weighted by molar-refractivity contribution is 0.332. The van der Waals surface area contributed by atoms with E-state index in [1.165, 1.54) is 11.1 Å². The number of hydrogen-bond acceptors (Lipinski definition) is 4. The van der Waals surface area contributed by atoms with Crippen LogP contribution in [0.4, 0.5) is 28.4 Å². The first-order valence-electron chi connectivity index (χ1n) is 13.0. The lowest BCUT2D eigenvalue weighted by Gasteiger charge is -2.42. The summed E-state index contributed by atoms with van der Waals surface area (Å²) in [6.45, 7) is 9.26. The van der Waals surface area contributed by atoms with Crippen molar-refractivity contribution < 1.29 is 10.0 Å². The SMILES string of the molecule is CC1(C)CCC(C)(C)c2cc(Nc3cc(N(c4ccccc4)c4ccccc4)ccc3B(O)O)ccc21. The molecule has 188 valence electrons. The van der Waals surface area contributed by atoms with Crippen LogP contribution in [0.15, 0.2) is 97.1 Å². The Kier molecular flexibility index (Phi) is 6.61. The van der Waals surface area contributed by atoms with Crippen molar-refractivity contribution in [3.8, 4) is 0 Å². The van der Waals surface area contributed by atoms with E-state index in [9.17, 15) is 10.0 Å². The third kappa shape index (κ3) is 5.02. The molecule has 0 unspecified atom stereocenters. The molecule has 0 spiro atoms. The molecule has 1 aliphatic rings. The van der Waals surface area contributed by atoms with Gasteiger partial charge >= 0.3 is 7.12 Å². The van der Waals surface area contributed by atoms with E-state index in [0.717, 1.165) is 35.6 Å². The van der Waals surface area contributed by atoms with Gasteiger partial charge in [0.15, 0.2) is 0 Å². The summed E-state index contributed by atoms with van der Waals surface area (Å²) in [6.07, 6.45) is 2.30. The number of nitrogens with zero attached hydrogens (tertiary/aromatic N) is 1. The second-order valence-electron chi connectivity index (χ2n) is 11.3. The Morgan fingerprint density at radius 1 is 0.649 bits per heavy atom. The average molecular weight is 490 g/mol. The third-order valence-electron chi connectivity index (χ3n) is 7.73. The van der Waals surface area contributed by atoms with Crippen molar-refractivity contribution in [2.45, 2.75) is 51.4 Å². The summed E-state index contributed by atoms with van der Waals surface area (Å²) in [4.78, 5) is 2.16. The quantitative estimate of drug-likeness (QED) is 0.257. The molecule has 0 saturated carbocycles. The number of fused-ring (bicyclic) bond motifs is 1. The van der Waals surface area contributed by atoms with Crippen LogP contribution < -0.4 is 15.7 Å². The van der Waals surface area contributed by atoms with Gasteiger partial charge in [-0.2, -0.15) is 0 Å². The van der Waals surface area contributed by atoms with Crippen LogP contribution in [0.5, 0.6) is 0 Å². The van der Waals surface area contributed by atoms with Crippen LogP contribution in [-0.2, 0) is 10.8 Å². The highest BCUT2D eigenvalue weighted by atomic mass is 16.4. The van der Waals surface area contributed by atoms with E-state index in [1.54, 1.807) is 6.07 Å². The maximum Gasteiger partial charge on any atom is 0.490 e. The summed E-state index contributed by atoms with van der Waals surface area (Å²) in [5, 5.41) is 23.9. The van der Waals surface area contributed by atoms with E-state index < -0.39 is 7.12 Å². The number of hydrogen-bond donors (Lipinski definition) is 3. The predicted octanol–water partition coefficient (Wildman–Crippen LogP) is 6.93. The Bertz CT molecular complexity index is 1350. The lowest BCUT2D eigenvalue weighted by Crippen LogP contribution is -2.34. The molecule has 0 radical (unpaired) electrons. The molecule has 4 aromatic carbocycles. The van der Waals surface area contributed by atoms with Gasteiger partial charge in [0.05, 0.1) is 0 Å². The van der Waals surface area contributed by atoms with Gasteiger partial charge in [-0.3, -0.25) is 0 Å². The second-order valence-corrected chi connectivity index (χ2v) is 11.3. The fourth-order valence-electron chi connectivity index (χ4n) is 5.44. The van der Waals surface area contributed by atoms with Crippen molar-refractivity contribution in [1.82, 2.24) is 0 Å². The summed E-state index contributed by atoms with van der Waals surface area (Å²) in [5.41, 5.74) is 7.97. The highest BCUT2D eigenvalue weighted by Gasteiger charge is 2.37. The smallest absolute Gasteiger partial charge is 0.423 e. The van der Waals surface area contributed by atoms with Crippen LogP contribution >= 0.6 is 0 Å². The molecule has 0 aliphatic heterocycles. The summed E-state index contributed by atoms with van der Waals surface area (Å²) in [7, 11) is -1.59. The van der Waals surface area contributed by atoms with Crippen molar-refractivity contribution in [2.24, 2.45) is 0 Å². The van der Waals surface area contributed by atoms with Gasteiger partial charge in [-0.05, 0) is 83.3 Å². The van der Waals surface area contributed by atoms with Crippen LogP contribution in [0, 0.1) is 0 Å². The largest absolute Gasteiger partial charge is 0.490 e. The zero-order valence-electron chi connectivity index (χ0n) is 22.1. The molecule has 0 bridgehead atoms. The van der Waals surface area contributed by atoms with Gasteiger partial charge in [0, 0.05) is 33.9 Å². The molecular weight excluding hydrogens is 455 g/mol. The number of rotatable bonds is 6. The molecule has 0 atom stereocenters. The summed E-state index contributed by atoms with van der Waals surface area (Å²) in [6, 6.07) is 32.7. The van der Waals surface area contributed by atoms with E-state index in [-0.39, 0.29) is 10.8 Å². The first-order valence-corrected chi connectivity index (χ1v) is 13.0. The molecule has 3 N–H and O–H groups in total. The Labute approximate surface area is 220 Å². The topological polar surface area (TPSA) is 55.7 Å². The van der Waals surface area contributed by atoms with Gasteiger partial charge in [0.1, 0.15) is 0 Å². The van der Waals surface area contributed by atoms with Gasteiger partial charge in [0.2, 0.25) is 0 Å². The normalized spacial score (nSPS) is 15.5. The summed E-state index contributed by atoms with van der Waals surface area (Å²) in [5.74, 6) is 0. The first kappa shape index (κ1) is 25.1. The van der Waals surface area contributed by atoms with Gasteiger partial charge < -0.3 is 20.3 Å². The third-order valence-corrected chi connectivity index (χ3v) is 7.73. The van der Waals surface area contributed by atoms with Crippen LogP contribution in [0.3, 0.4) is 0 Å². The maximum atomic E-state index is 10.2.